The average Bonchev–Trinajstić information content (AvgIpc) is 2.14. The van der Waals surface area contributed by atoms with E-state index in [1.807, 2.05) is 0 Å². The second kappa shape index (κ2) is 5.92. The zero-order chi connectivity index (χ0) is 14.2. The molecule has 2 N–H and O–H groups in total. The predicted octanol–water partition coefficient (Wildman–Crippen LogP) is 1.09. The molecule has 0 aliphatic rings. The van der Waals surface area contributed by atoms with E-state index in [1.54, 1.807) is 0 Å². The van der Waals surface area contributed by atoms with Gasteiger partial charge in [0.15, 0.2) is 0 Å². The summed E-state index contributed by atoms with van der Waals surface area (Å²) < 4.78 is 0. The molecule has 0 spiro atoms. The molecule has 0 aliphatic heterocycles. The summed E-state index contributed by atoms with van der Waals surface area (Å²) in [5.41, 5.74) is -4.40. The van der Waals surface area contributed by atoms with Gasteiger partial charge in [-0.05, 0) is 0 Å². The molecule has 1 rings (SSSR count). The minimum Gasteiger partial charge on any atom is -0.497 e. The first-order chi connectivity index (χ1) is 8.20. The molecular weight excluding hydrogens is 485 g/mol. The van der Waals surface area contributed by atoms with E-state index in [-0.39, 0.29) is 27.3 Å². The number of nitro groups is 3. The molecule has 1 aromatic rings. The van der Waals surface area contributed by atoms with Gasteiger partial charge >= 0.3 is 17.1 Å². The summed E-state index contributed by atoms with van der Waals surface area (Å²) in [6.07, 6.45) is 0. The number of nitrogens with zero attached hydrogens (tertiary/aromatic N) is 3. The first kappa shape index (κ1) is 17.2. The number of phenolic OH excluding ortho intramolecular Hbond substituents is 2. The fourth-order valence-electron chi connectivity index (χ4n) is 1.16. The van der Waals surface area contributed by atoms with Crippen LogP contribution in [0.2, 0.25) is 5.02 Å². The number of benzene rings is 1. The molecule has 1 aromatic carbocycles. The van der Waals surface area contributed by atoms with Crippen molar-refractivity contribution < 1.29 is 25.0 Å². The standard InChI is InChI=1S/C6H2ClN3O8.Pb/c7-1-2(8(13)14)5(11)4(10(17)18)6(12)3(1)9(15)16;/h11-12H;. The van der Waals surface area contributed by atoms with Gasteiger partial charge in [-0.3, -0.25) is 30.3 Å². The maximum absolute atomic E-state index is 10.5. The smallest absolute Gasteiger partial charge is 0.366 e. The number of halogens is 1. The quantitative estimate of drug-likeness (QED) is 0.363. The molecule has 0 fully saturated rings. The molecule has 0 aromatic heterocycles. The Morgan fingerprint density at radius 1 is 0.789 bits per heavy atom. The van der Waals surface area contributed by atoms with Crippen molar-refractivity contribution in [3.05, 3.63) is 35.4 Å². The summed E-state index contributed by atoms with van der Waals surface area (Å²) in [4.78, 5) is 27.5. The minimum atomic E-state index is -1.56. The normalized spacial score (nSPS) is 9.53. The summed E-state index contributed by atoms with van der Waals surface area (Å²) in [6.45, 7) is 0. The number of hydrogen-bond acceptors (Lipinski definition) is 8. The van der Waals surface area contributed by atoms with Crippen LogP contribution in [0.1, 0.15) is 0 Å². The second-order valence-electron chi connectivity index (χ2n) is 2.83. The Balaban J connectivity index is 0.00000324. The Morgan fingerprint density at radius 2 is 1.05 bits per heavy atom. The molecule has 0 atom stereocenters. The molecular formula is C6H2ClN3O8Pb. The molecule has 0 amide bonds. The van der Waals surface area contributed by atoms with E-state index in [0.717, 1.165) is 0 Å². The molecule has 0 saturated heterocycles. The van der Waals surface area contributed by atoms with Gasteiger partial charge in [-0.1, -0.05) is 11.6 Å². The van der Waals surface area contributed by atoms with Crippen molar-refractivity contribution in [2.75, 3.05) is 0 Å². The van der Waals surface area contributed by atoms with Crippen molar-refractivity contribution in [3.8, 4) is 11.5 Å². The fourth-order valence-corrected chi connectivity index (χ4v) is 1.48. The zero-order valence-electron chi connectivity index (χ0n) is 8.56. The minimum absolute atomic E-state index is 0. The van der Waals surface area contributed by atoms with Crippen LogP contribution >= 0.6 is 11.6 Å². The monoisotopic (exact) mass is 487 g/mol. The van der Waals surface area contributed by atoms with E-state index in [2.05, 4.69) is 0 Å². The van der Waals surface area contributed by atoms with Crippen molar-refractivity contribution in [3.63, 3.8) is 0 Å². The van der Waals surface area contributed by atoms with E-state index >= 15 is 0 Å². The van der Waals surface area contributed by atoms with Crippen LogP contribution in [0.4, 0.5) is 17.1 Å². The van der Waals surface area contributed by atoms with Gasteiger partial charge in [0.05, 0.1) is 14.8 Å². The van der Waals surface area contributed by atoms with Gasteiger partial charge in [-0.15, -0.1) is 0 Å². The number of phenols is 2. The third kappa shape index (κ3) is 2.81. The summed E-state index contributed by atoms with van der Waals surface area (Å²) in [5.74, 6) is -3.11. The third-order valence-electron chi connectivity index (χ3n) is 1.86. The molecule has 0 saturated carbocycles. The van der Waals surface area contributed by atoms with E-state index < -0.39 is 48.4 Å². The molecule has 0 aliphatic carbocycles. The van der Waals surface area contributed by atoms with Crippen LogP contribution in [-0.2, 0) is 0 Å². The number of aromatic hydroxyl groups is 2. The van der Waals surface area contributed by atoms with Crippen molar-refractivity contribution in [2.24, 2.45) is 0 Å². The van der Waals surface area contributed by atoms with E-state index in [1.165, 1.54) is 0 Å². The number of rotatable bonds is 3. The van der Waals surface area contributed by atoms with Gasteiger partial charge < -0.3 is 10.2 Å². The van der Waals surface area contributed by atoms with Crippen molar-refractivity contribution in [1.82, 2.24) is 0 Å². The zero-order valence-corrected chi connectivity index (χ0v) is 13.2. The molecule has 0 bridgehead atoms. The van der Waals surface area contributed by atoms with Gasteiger partial charge in [0.1, 0.15) is 0 Å². The largest absolute Gasteiger partial charge is 0.497 e. The molecule has 0 heterocycles. The summed E-state index contributed by atoms with van der Waals surface area (Å²) in [7, 11) is 0. The fraction of sp³-hybridized carbons (Fsp3) is 0. The van der Waals surface area contributed by atoms with Crippen LogP contribution in [-0.4, -0.2) is 52.3 Å². The Hall–Kier alpha value is -1.77. The number of hydrogen-bond donors (Lipinski definition) is 2. The average molecular weight is 487 g/mol. The van der Waals surface area contributed by atoms with Gasteiger partial charge in [-0.25, -0.2) is 0 Å². The van der Waals surface area contributed by atoms with Crippen LogP contribution in [0.3, 0.4) is 0 Å². The maximum atomic E-state index is 10.5. The topological polar surface area (TPSA) is 170 Å². The third-order valence-corrected chi connectivity index (χ3v) is 2.22. The van der Waals surface area contributed by atoms with E-state index in [9.17, 15) is 40.6 Å². The molecule has 13 heteroatoms. The van der Waals surface area contributed by atoms with Crippen LogP contribution in [0, 0.1) is 30.3 Å². The van der Waals surface area contributed by atoms with Crippen LogP contribution in [0.25, 0.3) is 0 Å². The SMILES string of the molecule is O=[N+]([O-])c1c(O)c([N+](=O)[O-])c(Cl)c([N+](=O)[O-])c1O.[Pb]. The summed E-state index contributed by atoms with van der Waals surface area (Å²) >= 11 is 5.26. The maximum Gasteiger partial charge on any atom is 0.366 e. The first-order valence-corrected chi connectivity index (χ1v) is 4.28. The van der Waals surface area contributed by atoms with Crippen molar-refractivity contribution in [1.29, 1.82) is 0 Å². The Morgan fingerprint density at radius 3 is 1.26 bits per heavy atom. The predicted molar refractivity (Wildman–Crippen MR) is 60.5 cm³/mol. The molecule has 100 valence electrons. The summed E-state index contributed by atoms with van der Waals surface area (Å²) in [6, 6.07) is 0. The van der Waals surface area contributed by atoms with E-state index in [4.69, 9.17) is 11.6 Å². The van der Waals surface area contributed by atoms with Crippen LogP contribution in [0.15, 0.2) is 0 Å². The molecule has 0 unspecified atom stereocenters. The van der Waals surface area contributed by atoms with Crippen LogP contribution in [0.5, 0.6) is 11.5 Å². The molecule has 11 nitrogen and oxygen atoms in total. The van der Waals surface area contributed by atoms with Crippen molar-refractivity contribution >= 4 is 56.0 Å². The van der Waals surface area contributed by atoms with Gasteiger partial charge in [0, 0.05) is 27.3 Å². The molecule has 19 heavy (non-hydrogen) atoms. The van der Waals surface area contributed by atoms with E-state index in [0.29, 0.717) is 0 Å². The van der Waals surface area contributed by atoms with Gasteiger partial charge in [-0.2, -0.15) is 0 Å². The van der Waals surface area contributed by atoms with Gasteiger partial charge in [0.25, 0.3) is 11.5 Å². The summed E-state index contributed by atoms with van der Waals surface area (Å²) in [5, 5.41) is 48.9. The molecule has 4 radical (unpaired) electrons. The second-order valence-corrected chi connectivity index (χ2v) is 3.21. The Bertz CT molecular complexity index is 488. The Labute approximate surface area is 128 Å². The first-order valence-electron chi connectivity index (χ1n) is 3.90. The van der Waals surface area contributed by atoms with Gasteiger partial charge in [0.2, 0.25) is 5.02 Å². The van der Waals surface area contributed by atoms with Crippen molar-refractivity contribution in [2.45, 2.75) is 0 Å². The number of nitro benzene ring substituents is 3. The van der Waals surface area contributed by atoms with Crippen LogP contribution < -0.4 is 0 Å². The Kier molecular flexibility index (Phi) is 5.37.